The molecule has 3 heterocycles. The molecule has 1 saturated carbocycles. The van der Waals surface area contributed by atoms with Crippen LogP contribution in [0, 0.1) is 19.7 Å². The molecule has 0 bridgehead atoms. The van der Waals surface area contributed by atoms with Gasteiger partial charge in [0, 0.05) is 53.3 Å². The first-order valence-corrected chi connectivity index (χ1v) is 15.4. The molecule has 5 N–H and O–H groups in total. The zero-order chi connectivity index (χ0) is 33.3. The Bertz CT molecular complexity index is 1790. The van der Waals surface area contributed by atoms with E-state index < -0.39 is 23.3 Å². The number of pyridine rings is 1. The molecule has 3 aromatic heterocycles. The minimum Gasteiger partial charge on any atom is -0.505 e. The number of amidine groups is 1. The molecule has 11 nitrogen and oxygen atoms in total. The normalized spacial score (nSPS) is 17.2. The van der Waals surface area contributed by atoms with Crippen LogP contribution in [0.2, 0.25) is 5.02 Å². The minimum absolute atomic E-state index is 0.00331. The van der Waals surface area contributed by atoms with Gasteiger partial charge in [-0.3, -0.25) is 0 Å². The smallest absolute Gasteiger partial charge is 0.407 e. The molecule has 0 unspecified atom stereocenters. The first-order valence-electron chi connectivity index (χ1n) is 15.0. The summed E-state index contributed by atoms with van der Waals surface area (Å²) in [5.74, 6) is -0.847. The highest BCUT2D eigenvalue weighted by Gasteiger charge is 2.27. The maximum atomic E-state index is 14.2. The van der Waals surface area contributed by atoms with Crippen molar-refractivity contribution in [3.8, 4) is 22.8 Å². The van der Waals surface area contributed by atoms with E-state index in [1.807, 2.05) is 52.9 Å². The molecular formula is C33H39ClFN7O4. The molecule has 0 saturated heterocycles. The Hall–Kier alpha value is -4.58. The number of aliphatic imine (C=N–C) groups is 1. The van der Waals surface area contributed by atoms with Crippen molar-refractivity contribution in [2.45, 2.75) is 78.0 Å². The van der Waals surface area contributed by atoms with Gasteiger partial charge in [-0.25, -0.2) is 23.7 Å². The van der Waals surface area contributed by atoms with E-state index in [0.717, 1.165) is 65.7 Å². The Kier molecular flexibility index (Phi) is 9.29. The highest BCUT2D eigenvalue weighted by molar-refractivity contribution is 6.33. The van der Waals surface area contributed by atoms with E-state index in [-0.39, 0.29) is 28.6 Å². The molecule has 1 fully saturated rings. The van der Waals surface area contributed by atoms with Crippen LogP contribution < -0.4 is 21.1 Å². The van der Waals surface area contributed by atoms with Crippen LogP contribution in [-0.4, -0.2) is 56.4 Å². The van der Waals surface area contributed by atoms with Crippen molar-refractivity contribution in [2.24, 2.45) is 10.7 Å². The quantitative estimate of drug-likeness (QED) is 0.126. The Balaban J connectivity index is 1.51. The fourth-order valence-corrected chi connectivity index (χ4v) is 5.94. The Morgan fingerprint density at radius 3 is 2.50 bits per heavy atom. The molecule has 13 heteroatoms. The number of halogens is 2. The number of fused-ring (bicyclic) bond motifs is 1. The SMILES string of the molecule is COc1cc(C)c(-c2cc3c(NC4CCC(NC(=O)OC(C)(C)C)CC4)c(C(N)=Nc4cc(F)c(O)cc4Cl)cnn3c2)c(C)n1. The third-order valence-corrected chi connectivity index (χ3v) is 8.14. The predicted molar refractivity (Wildman–Crippen MR) is 177 cm³/mol. The highest BCUT2D eigenvalue weighted by atomic mass is 35.5. The average Bonchev–Trinajstić information content (AvgIpc) is 3.39. The van der Waals surface area contributed by atoms with Crippen molar-refractivity contribution in [3.05, 3.63) is 64.3 Å². The number of aromatic hydroxyl groups is 1. The summed E-state index contributed by atoms with van der Waals surface area (Å²) in [6, 6.07) is 6.06. The number of nitrogens with two attached hydrogens (primary N) is 1. The van der Waals surface area contributed by atoms with Crippen molar-refractivity contribution in [1.82, 2.24) is 19.9 Å². The topological polar surface area (TPSA) is 148 Å². The predicted octanol–water partition coefficient (Wildman–Crippen LogP) is 6.80. The van der Waals surface area contributed by atoms with E-state index in [1.54, 1.807) is 17.8 Å². The number of carbonyl (C=O) groups excluding carboxylic acids is 1. The van der Waals surface area contributed by atoms with Crippen LogP contribution in [0.4, 0.5) is 20.6 Å². The first kappa shape index (κ1) is 32.8. The number of hydrogen-bond donors (Lipinski definition) is 4. The van der Waals surface area contributed by atoms with E-state index in [4.69, 9.17) is 26.8 Å². The molecule has 0 aliphatic heterocycles. The second kappa shape index (κ2) is 13.0. The summed E-state index contributed by atoms with van der Waals surface area (Å²) >= 11 is 6.25. The number of nitrogens with zero attached hydrogens (tertiary/aromatic N) is 4. The van der Waals surface area contributed by atoms with Gasteiger partial charge in [0.25, 0.3) is 0 Å². The number of phenolic OH excluding ortho intramolecular Hbond substituents is 1. The number of anilines is 1. The third kappa shape index (κ3) is 7.28. The van der Waals surface area contributed by atoms with Gasteiger partial charge in [-0.15, -0.1) is 0 Å². The van der Waals surface area contributed by atoms with Gasteiger partial charge >= 0.3 is 6.09 Å². The number of rotatable bonds is 7. The fourth-order valence-electron chi connectivity index (χ4n) is 5.74. The summed E-state index contributed by atoms with van der Waals surface area (Å²) in [5, 5.41) is 21.0. The zero-order valence-electron chi connectivity index (χ0n) is 26.7. The average molecular weight is 652 g/mol. The van der Waals surface area contributed by atoms with E-state index in [2.05, 4.69) is 25.7 Å². The van der Waals surface area contributed by atoms with Crippen molar-refractivity contribution >= 4 is 40.4 Å². The van der Waals surface area contributed by atoms with Gasteiger partial charge in [-0.2, -0.15) is 5.10 Å². The summed E-state index contributed by atoms with van der Waals surface area (Å²) < 4.78 is 26.7. The largest absolute Gasteiger partial charge is 0.505 e. The summed E-state index contributed by atoms with van der Waals surface area (Å²) in [5.41, 5.74) is 11.6. The van der Waals surface area contributed by atoms with Gasteiger partial charge < -0.3 is 30.9 Å². The van der Waals surface area contributed by atoms with Gasteiger partial charge in [0.1, 0.15) is 11.4 Å². The third-order valence-electron chi connectivity index (χ3n) is 7.84. The second-order valence-electron chi connectivity index (χ2n) is 12.5. The van der Waals surface area contributed by atoms with Crippen molar-refractivity contribution in [3.63, 3.8) is 0 Å². The van der Waals surface area contributed by atoms with Crippen LogP contribution in [0.3, 0.4) is 0 Å². The van der Waals surface area contributed by atoms with Gasteiger partial charge in [0.2, 0.25) is 5.88 Å². The van der Waals surface area contributed by atoms with Crippen molar-refractivity contribution in [2.75, 3.05) is 12.4 Å². The number of alkyl carbamates (subject to hydrolysis) is 1. The number of phenols is 1. The van der Waals surface area contributed by atoms with Crippen LogP contribution in [0.25, 0.3) is 16.6 Å². The molecule has 0 radical (unpaired) electrons. The number of ether oxygens (including phenoxy) is 2. The van der Waals surface area contributed by atoms with Crippen LogP contribution in [0.5, 0.6) is 11.6 Å². The number of aromatic nitrogens is 3. The lowest BCUT2D eigenvalue weighted by Crippen LogP contribution is -2.42. The van der Waals surface area contributed by atoms with Gasteiger partial charge in [-0.1, -0.05) is 11.6 Å². The van der Waals surface area contributed by atoms with E-state index in [1.165, 1.54) is 0 Å². The number of amides is 1. The molecule has 0 atom stereocenters. The monoisotopic (exact) mass is 651 g/mol. The molecule has 1 aliphatic carbocycles. The van der Waals surface area contributed by atoms with E-state index >= 15 is 0 Å². The maximum absolute atomic E-state index is 14.2. The molecule has 0 spiro atoms. The number of benzene rings is 1. The minimum atomic E-state index is -0.866. The Morgan fingerprint density at radius 1 is 1.15 bits per heavy atom. The van der Waals surface area contributed by atoms with Crippen molar-refractivity contribution in [1.29, 1.82) is 0 Å². The van der Waals surface area contributed by atoms with E-state index in [9.17, 15) is 14.3 Å². The number of carbonyl (C=O) groups is 1. The van der Waals surface area contributed by atoms with Crippen LogP contribution in [0.1, 0.15) is 63.3 Å². The maximum Gasteiger partial charge on any atom is 0.407 e. The number of nitrogens with one attached hydrogen (secondary N) is 2. The Labute approximate surface area is 272 Å². The molecule has 46 heavy (non-hydrogen) atoms. The lowest BCUT2D eigenvalue weighted by molar-refractivity contribution is 0.0492. The summed E-state index contributed by atoms with van der Waals surface area (Å²) in [6.07, 6.45) is 6.15. The van der Waals surface area contributed by atoms with Gasteiger partial charge in [0.05, 0.1) is 40.8 Å². The fraction of sp³-hybridized carbons (Fsp3) is 0.394. The van der Waals surface area contributed by atoms with Crippen LogP contribution in [-0.2, 0) is 4.74 Å². The number of hydrogen-bond acceptors (Lipinski definition) is 8. The molecule has 4 aromatic rings. The summed E-state index contributed by atoms with van der Waals surface area (Å²) in [4.78, 5) is 21.3. The van der Waals surface area contributed by atoms with Crippen LogP contribution >= 0.6 is 11.6 Å². The molecule has 1 amide bonds. The van der Waals surface area contributed by atoms with Gasteiger partial charge in [0.15, 0.2) is 11.6 Å². The van der Waals surface area contributed by atoms with Gasteiger partial charge in [-0.05, 0) is 71.9 Å². The lowest BCUT2D eigenvalue weighted by atomic mass is 9.91. The van der Waals surface area contributed by atoms with Crippen LogP contribution in [0.15, 0.2) is 41.7 Å². The molecule has 244 valence electrons. The molecule has 1 aromatic carbocycles. The number of aryl methyl sites for hydroxylation is 2. The summed E-state index contributed by atoms with van der Waals surface area (Å²) in [7, 11) is 1.59. The second-order valence-corrected chi connectivity index (χ2v) is 12.9. The molecule has 5 rings (SSSR count). The highest BCUT2D eigenvalue weighted by Crippen LogP contribution is 2.36. The standard InChI is InChI=1S/C33H39ClFN7O4/c1-17-11-28(45-6)38-18(2)29(17)19-12-26-30(39-20-7-9-21(10-8-20)40-32(44)46-33(3,4)5)22(15-37-42(26)16-19)31(36)41-25-14-24(35)27(43)13-23(25)34/h11-16,20-21,39,43H,7-10H2,1-6H3,(H2,36,41)(H,40,44). The summed E-state index contributed by atoms with van der Waals surface area (Å²) in [6.45, 7) is 9.44. The first-order chi connectivity index (χ1) is 21.7. The van der Waals surface area contributed by atoms with Crippen molar-refractivity contribution < 1.29 is 23.8 Å². The molecular weight excluding hydrogens is 613 g/mol. The van der Waals surface area contributed by atoms with E-state index in [0.29, 0.717) is 17.1 Å². The lowest BCUT2D eigenvalue weighted by Gasteiger charge is -2.31. The zero-order valence-corrected chi connectivity index (χ0v) is 27.5. The molecule has 1 aliphatic rings. The Morgan fingerprint density at radius 2 is 1.85 bits per heavy atom. The number of methoxy groups -OCH3 is 1.